The molecule has 0 spiro atoms. The molecule has 1 aliphatic rings. The minimum atomic E-state index is -3.13. The Bertz CT molecular complexity index is 637. The van der Waals surface area contributed by atoms with Gasteiger partial charge in [0.05, 0.1) is 6.26 Å². The van der Waals surface area contributed by atoms with E-state index in [1.165, 1.54) is 10.6 Å². The van der Waals surface area contributed by atoms with Crippen LogP contribution in [0.1, 0.15) is 43.8 Å². The summed E-state index contributed by atoms with van der Waals surface area (Å²) in [6.07, 6.45) is 3.95. The van der Waals surface area contributed by atoms with E-state index in [1.807, 2.05) is 6.92 Å². The monoisotopic (exact) mass is 359 g/mol. The first-order valence-electron chi connectivity index (χ1n) is 8.19. The van der Waals surface area contributed by atoms with Crippen LogP contribution < -0.4 is 10.6 Å². The van der Waals surface area contributed by atoms with Gasteiger partial charge in [-0.3, -0.25) is 0 Å². The summed E-state index contributed by atoms with van der Waals surface area (Å²) in [5.74, 6) is 1.21. The molecule has 2 amide bonds. The van der Waals surface area contributed by atoms with Gasteiger partial charge in [0.2, 0.25) is 15.9 Å². The zero-order chi connectivity index (χ0) is 17.6. The number of carbonyl (C=O) groups is 1. The first kappa shape index (κ1) is 18.7. The highest BCUT2D eigenvalue weighted by atomic mass is 32.2. The Morgan fingerprint density at radius 3 is 2.58 bits per heavy atom. The fourth-order valence-corrected chi connectivity index (χ4v) is 3.44. The molecule has 10 heteroatoms. The summed E-state index contributed by atoms with van der Waals surface area (Å²) in [6, 6.07) is -0.204. The number of nitrogens with one attached hydrogen (secondary N) is 2. The van der Waals surface area contributed by atoms with Gasteiger partial charge in [-0.25, -0.2) is 17.5 Å². The first-order valence-corrected chi connectivity index (χ1v) is 10.0. The van der Waals surface area contributed by atoms with E-state index in [-0.39, 0.29) is 11.9 Å². The van der Waals surface area contributed by atoms with Gasteiger partial charge in [0, 0.05) is 38.5 Å². The lowest BCUT2D eigenvalue weighted by Gasteiger charge is -2.28. The van der Waals surface area contributed by atoms with E-state index in [1.54, 1.807) is 0 Å². The maximum atomic E-state index is 11.5. The van der Waals surface area contributed by atoms with Crippen LogP contribution in [0.25, 0.3) is 0 Å². The van der Waals surface area contributed by atoms with Gasteiger partial charge in [0.25, 0.3) is 0 Å². The van der Waals surface area contributed by atoms with E-state index in [9.17, 15) is 13.2 Å². The number of sulfonamides is 1. The summed E-state index contributed by atoms with van der Waals surface area (Å²) in [6.45, 7) is 4.01. The fourth-order valence-electron chi connectivity index (χ4n) is 2.57. The van der Waals surface area contributed by atoms with Crippen molar-refractivity contribution in [1.82, 2.24) is 25.1 Å². The average molecular weight is 359 g/mol. The van der Waals surface area contributed by atoms with Crippen molar-refractivity contribution in [2.45, 2.75) is 38.5 Å². The van der Waals surface area contributed by atoms with Crippen molar-refractivity contribution >= 4 is 16.1 Å². The van der Waals surface area contributed by atoms with Crippen LogP contribution in [0.4, 0.5) is 4.79 Å². The molecule has 1 aliphatic heterocycles. The SMILES string of the molecule is CCCNC(=O)NCCc1nc(C2CCN(S(C)(=O)=O)CC2)no1. The molecule has 24 heavy (non-hydrogen) atoms. The summed E-state index contributed by atoms with van der Waals surface area (Å²) < 4.78 is 29.7. The van der Waals surface area contributed by atoms with Crippen LogP contribution in [0.3, 0.4) is 0 Å². The van der Waals surface area contributed by atoms with Gasteiger partial charge < -0.3 is 15.2 Å². The molecule has 9 nitrogen and oxygen atoms in total. The number of rotatable bonds is 7. The second-order valence-electron chi connectivity index (χ2n) is 5.92. The fraction of sp³-hybridized carbons (Fsp3) is 0.786. The molecule has 0 aromatic carbocycles. The Labute approximate surface area is 142 Å². The summed E-state index contributed by atoms with van der Waals surface area (Å²) in [7, 11) is -3.13. The second-order valence-corrected chi connectivity index (χ2v) is 7.90. The van der Waals surface area contributed by atoms with Crippen LogP contribution >= 0.6 is 0 Å². The van der Waals surface area contributed by atoms with E-state index in [4.69, 9.17) is 4.52 Å². The largest absolute Gasteiger partial charge is 0.339 e. The molecule has 0 bridgehead atoms. The number of hydrogen-bond donors (Lipinski definition) is 2. The number of nitrogens with zero attached hydrogens (tertiary/aromatic N) is 3. The van der Waals surface area contributed by atoms with Crippen molar-refractivity contribution in [2.24, 2.45) is 0 Å². The molecule has 2 heterocycles. The van der Waals surface area contributed by atoms with E-state index in [0.29, 0.717) is 57.2 Å². The standard InChI is InChI=1S/C14H25N5O4S/c1-3-7-15-14(20)16-8-4-12-17-13(18-23-12)11-5-9-19(10-6-11)24(2,21)22/h11H,3-10H2,1-2H3,(H2,15,16,20). The van der Waals surface area contributed by atoms with Gasteiger partial charge in [0.15, 0.2) is 5.82 Å². The number of carbonyl (C=O) groups excluding carboxylic acids is 1. The van der Waals surface area contributed by atoms with Crippen LogP contribution in [-0.2, 0) is 16.4 Å². The van der Waals surface area contributed by atoms with Crippen molar-refractivity contribution in [3.63, 3.8) is 0 Å². The molecule has 2 rings (SSSR count). The highest BCUT2D eigenvalue weighted by Gasteiger charge is 2.28. The molecule has 1 aromatic heterocycles. The van der Waals surface area contributed by atoms with Gasteiger partial charge >= 0.3 is 6.03 Å². The molecule has 1 saturated heterocycles. The smallest absolute Gasteiger partial charge is 0.314 e. The van der Waals surface area contributed by atoms with Crippen LogP contribution in [0.5, 0.6) is 0 Å². The minimum Gasteiger partial charge on any atom is -0.339 e. The normalized spacial score (nSPS) is 16.9. The van der Waals surface area contributed by atoms with E-state index in [0.717, 1.165) is 6.42 Å². The summed E-state index contributed by atoms with van der Waals surface area (Å²) in [4.78, 5) is 15.8. The predicted molar refractivity (Wildman–Crippen MR) is 88.1 cm³/mol. The first-order chi connectivity index (χ1) is 11.4. The lowest BCUT2D eigenvalue weighted by atomic mass is 9.97. The predicted octanol–water partition coefficient (Wildman–Crippen LogP) is 0.460. The van der Waals surface area contributed by atoms with Crippen molar-refractivity contribution in [1.29, 1.82) is 0 Å². The summed E-state index contributed by atoms with van der Waals surface area (Å²) in [5.41, 5.74) is 0. The van der Waals surface area contributed by atoms with E-state index in [2.05, 4.69) is 20.8 Å². The van der Waals surface area contributed by atoms with E-state index < -0.39 is 10.0 Å². The van der Waals surface area contributed by atoms with Gasteiger partial charge in [-0.1, -0.05) is 12.1 Å². The molecule has 1 aromatic rings. The van der Waals surface area contributed by atoms with Crippen LogP contribution in [0.2, 0.25) is 0 Å². The molecular formula is C14H25N5O4S. The van der Waals surface area contributed by atoms with Gasteiger partial charge in [-0.2, -0.15) is 4.98 Å². The molecule has 0 radical (unpaired) electrons. The van der Waals surface area contributed by atoms with Gasteiger partial charge in [-0.15, -0.1) is 0 Å². The lowest BCUT2D eigenvalue weighted by molar-refractivity contribution is 0.240. The molecule has 0 saturated carbocycles. The number of amides is 2. The van der Waals surface area contributed by atoms with E-state index >= 15 is 0 Å². The highest BCUT2D eigenvalue weighted by Crippen LogP contribution is 2.26. The average Bonchev–Trinajstić information content (AvgIpc) is 3.01. The Hall–Kier alpha value is -1.68. The van der Waals surface area contributed by atoms with Crippen molar-refractivity contribution in [2.75, 3.05) is 32.4 Å². The Morgan fingerprint density at radius 2 is 1.96 bits per heavy atom. The Morgan fingerprint density at radius 1 is 1.29 bits per heavy atom. The van der Waals surface area contributed by atoms with Crippen molar-refractivity contribution < 1.29 is 17.7 Å². The second kappa shape index (κ2) is 8.43. The van der Waals surface area contributed by atoms with Crippen LogP contribution in [-0.4, -0.2) is 61.3 Å². The molecule has 2 N–H and O–H groups in total. The summed E-state index contributed by atoms with van der Waals surface area (Å²) in [5, 5.41) is 9.44. The van der Waals surface area contributed by atoms with Crippen molar-refractivity contribution in [3.05, 3.63) is 11.7 Å². The molecular weight excluding hydrogens is 334 g/mol. The molecule has 136 valence electrons. The quantitative estimate of drug-likeness (QED) is 0.730. The zero-order valence-corrected chi connectivity index (χ0v) is 14.9. The number of aromatic nitrogens is 2. The number of piperidine rings is 1. The Kier molecular flexibility index (Phi) is 6.55. The number of hydrogen-bond acceptors (Lipinski definition) is 6. The van der Waals surface area contributed by atoms with Gasteiger partial charge in [-0.05, 0) is 19.3 Å². The maximum absolute atomic E-state index is 11.5. The van der Waals surface area contributed by atoms with Crippen molar-refractivity contribution in [3.8, 4) is 0 Å². The van der Waals surface area contributed by atoms with Gasteiger partial charge in [0.1, 0.15) is 0 Å². The Balaban J connectivity index is 1.76. The topological polar surface area (TPSA) is 117 Å². The third-order valence-corrected chi connectivity index (χ3v) is 5.24. The molecule has 0 atom stereocenters. The lowest BCUT2D eigenvalue weighted by Crippen LogP contribution is -2.37. The third kappa shape index (κ3) is 5.45. The molecule has 0 unspecified atom stereocenters. The third-order valence-electron chi connectivity index (χ3n) is 3.93. The zero-order valence-electron chi connectivity index (χ0n) is 14.1. The molecule has 1 fully saturated rings. The maximum Gasteiger partial charge on any atom is 0.314 e. The van der Waals surface area contributed by atoms with Crippen LogP contribution in [0.15, 0.2) is 4.52 Å². The minimum absolute atomic E-state index is 0.112. The van der Waals surface area contributed by atoms with Crippen LogP contribution in [0, 0.1) is 0 Å². The number of urea groups is 1. The summed E-state index contributed by atoms with van der Waals surface area (Å²) >= 11 is 0. The molecule has 0 aliphatic carbocycles. The highest BCUT2D eigenvalue weighted by molar-refractivity contribution is 7.88.